The van der Waals surface area contributed by atoms with Crippen molar-refractivity contribution in [1.29, 1.82) is 0 Å². The van der Waals surface area contributed by atoms with Gasteiger partial charge in [0.05, 0.1) is 0 Å². The van der Waals surface area contributed by atoms with E-state index < -0.39 is 0 Å². The van der Waals surface area contributed by atoms with Gasteiger partial charge in [0.25, 0.3) is 0 Å². The zero-order valence-corrected chi connectivity index (χ0v) is 14.7. The number of hydrogen-bond donors (Lipinski definition) is 0. The summed E-state index contributed by atoms with van der Waals surface area (Å²) in [4.78, 5) is 1.53. The van der Waals surface area contributed by atoms with Crippen molar-refractivity contribution in [2.75, 3.05) is 0 Å². The highest BCUT2D eigenvalue weighted by molar-refractivity contribution is 7.20. The van der Waals surface area contributed by atoms with Crippen LogP contribution in [0.3, 0.4) is 0 Å². The van der Waals surface area contributed by atoms with Gasteiger partial charge in [-0.15, -0.1) is 11.3 Å². The highest BCUT2D eigenvalue weighted by Gasteiger charge is 2.19. The molecule has 3 aromatic carbocycles. The standard InChI is InChI=1S/C24H18S/c1-3-9-17(10-4-1)19-15-16-20(18-11-5-2-6-12-18)24-23(19)21-13-7-8-14-22(21)25-24/h1-7,9-13,15-16H,8,14H2. The topological polar surface area (TPSA) is 0 Å². The maximum Gasteiger partial charge on any atom is 0.0436 e. The van der Waals surface area contributed by atoms with Gasteiger partial charge >= 0.3 is 0 Å². The molecule has 25 heavy (non-hydrogen) atoms. The molecule has 0 bridgehead atoms. The smallest absolute Gasteiger partial charge is 0.0436 e. The summed E-state index contributed by atoms with van der Waals surface area (Å²) in [5.41, 5.74) is 6.73. The zero-order valence-electron chi connectivity index (χ0n) is 13.9. The molecule has 1 heterocycles. The Bertz CT molecular complexity index is 1070. The Balaban J connectivity index is 1.86. The molecule has 0 unspecified atom stereocenters. The second kappa shape index (κ2) is 6.02. The molecule has 0 saturated heterocycles. The third-order valence-corrected chi connectivity index (χ3v) is 6.24. The van der Waals surface area contributed by atoms with E-state index >= 15 is 0 Å². The first-order valence-electron chi connectivity index (χ1n) is 8.77. The van der Waals surface area contributed by atoms with Crippen LogP contribution in [0.2, 0.25) is 0 Å². The number of benzene rings is 3. The predicted octanol–water partition coefficient (Wildman–Crippen LogP) is 7.19. The van der Waals surface area contributed by atoms with Crippen LogP contribution < -0.4 is 0 Å². The number of fused-ring (bicyclic) bond motifs is 3. The Kier molecular flexibility index (Phi) is 3.53. The molecule has 0 nitrogen and oxygen atoms in total. The molecular formula is C24H18S. The quantitative estimate of drug-likeness (QED) is 0.363. The molecule has 1 heteroatoms. The van der Waals surface area contributed by atoms with Gasteiger partial charge in [0.2, 0.25) is 0 Å². The summed E-state index contributed by atoms with van der Waals surface area (Å²) in [6.07, 6.45) is 6.96. The first-order valence-corrected chi connectivity index (χ1v) is 9.59. The predicted molar refractivity (Wildman–Crippen MR) is 110 cm³/mol. The van der Waals surface area contributed by atoms with Crippen molar-refractivity contribution in [2.45, 2.75) is 12.8 Å². The van der Waals surface area contributed by atoms with Crippen LogP contribution in [0.1, 0.15) is 16.9 Å². The van der Waals surface area contributed by atoms with Crippen molar-refractivity contribution in [3.63, 3.8) is 0 Å². The molecule has 120 valence electrons. The molecule has 0 fully saturated rings. The van der Waals surface area contributed by atoms with Crippen molar-refractivity contribution >= 4 is 27.5 Å². The van der Waals surface area contributed by atoms with Gasteiger partial charge in [-0.3, -0.25) is 0 Å². The van der Waals surface area contributed by atoms with E-state index in [0.29, 0.717) is 0 Å². The van der Waals surface area contributed by atoms with Crippen LogP contribution in [0.15, 0.2) is 78.9 Å². The van der Waals surface area contributed by atoms with Crippen LogP contribution in [-0.4, -0.2) is 0 Å². The van der Waals surface area contributed by atoms with Crippen molar-refractivity contribution in [2.24, 2.45) is 0 Å². The summed E-state index contributed by atoms with van der Waals surface area (Å²) < 4.78 is 1.42. The Morgan fingerprint density at radius 2 is 1.32 bits per heavy atom. The summed E-state index contributed by atoms with van der Waals surface area (Å²) in [5.74, 6) is 0. The van der Waals surface area contributed by atoms with E-state index in [-0.39, 0.29) is 0 Å². The normalized spacial score (nSPS) is 13.1. The fraction of sp³-hybridized carbons (Fsp3) is 0.0833. The summed E-state index contributed by atoms with van der Waals surface area (Å²) in [6.45, 7) is 0. The Morgan fingerprint density at radius 3 is 2.04 bits per heavy atom. The van der Waals surface area contributed by atoms with Crippen molar-refractivity contribution in [3.8, 4) is 22.3 Å². The summed E-state index contributed by atoms with van der Waals surface area (Å²) in [7, 11) is 0. The Labute approximate surface area is 152 Å². The minimum atomic E-state index is 1.15. The van der Waals surface area contributed by atoms with E-state index in [4.69, 9.17) is 0 Å². The maximum atomic E-state index is 2.33. The van der Waals surface area contributed by atoms with Gasteiger partial charge in [-0.25, -0.2) is 0 Å². The highest BCUT2D eigenvalue weighted by atomic mass is 32.1. The molecule has 0 N–H and O–H groups in total. The molecule has 1 aliphatic rings. The van der Waals surface area contributed by atoms with Crippen LogP contribution in [-0.2, 0) is 6.42 Å². The monoisotopic (exact) mass is 338 g/mol. The van der Waals surface area contributed by atoms with Gasteiger partial charge in [0.15, 0.2) is 0 Å². The number of rotatable bonds is 2. The minimum absolute atomic E-state index is 1.15. The van der Waals surface area contributed by atoms with Crippen molar-refractivity contribution in [1.82, 2.24) is 0 Å². The fourth-order valence-corrected chi connectivity index (χ4v) is 5.12. The molecule has 0 spiro atoms. The Hall–Kier alpha value is -2.64. The average Bonchev–Trinajstić information content (AvgIpc) is 3.08. The third kappa shape index (κ3) is 2.43. The van der Waals surface area contributed by atoms with Crippen LogP contribution >= 0.6 is 11.3 Å². The minimum Gasteiger partial charge on any atom is -0.139 e. The third-order valence-electron chi connectivity index (χ3n) is 4.94. The number of hydrogen-bond acceptors (Lipinski definition) is 1. The van der Waals surface area contributed by atoms with E-state index in [1.165, 1.54) is 42.8 Å². The average molecular weight is 338 g/mol. The first kappa shape index (κ1) is 14.7. The zero-order chi connectivity index (χ0) is 16.6. The van der Waals surface area contributed by atoms with Crippen molar-refractivity contribution < 1.29 is 0 Å². The number of allylic oxidation sites excluding steroid dienone is 1. The molecule has 1 aliphatic carbocycles. The molecule has 0 amide bonds. The fourth-order valence-electron chi connectivity index (χ4n) is 3.75. The SMILES string of the molecule is C1=Cc2c(sc3c(-c4ccccc4)ccc(-c4ccccc4)c23)CC1. The second-order valence-electron chi connectivity index (χ2n) is 6.48. The number of aryl methyl sites for hydroxylation is 1. The lowest BCUT2D eigenvalue weighted by Crippen LogP contribution is -1.89. The molecule has 0 radical (unpaired) electrons. The molecule has 5 rings (SSSR count). The first-order chi connectivity index (χ1) is 12.4. The van der Waals surface area contributed by atoms with Gasteiger partial charge in [-0.1, -0.05) is 84.9 Å². The van der Waals surface area contributed by atoms with E-state index in [1.807, 2.05) is 11.3 Å². The van der Waals surface area contributed by atoms with E-state index in [1.54, 1.807) is 0 Å². The van der Waals surface area contributed by atoms with Crippen LogP contribution in [0.25, 0.3) is 38.4 Å². The lowest BCUT2D eigenvalue weighted by atomic mass is 9.92. The lowest BCUT2D eigenvalue weighted by Gasteiger charge is -2.11. The maximum absolute atomic E-state index is 2.33. The summed E-state index contributed by atoms with van der Waals surface area (Å²) in [5, 5.41) is 1.42. The van der Waals surface area contributed by atoms with Gasteiger partial charge in [0, 0.05) is 15.0 Å². The largest absolute Gasteiger partial charge is 0.139 e. The van der Waals surface area contributed by atoms with E-state index in [0.717, 1.165) is 12.8 Å². The number of thiophene rings is 1. The van der Waals surface area contributed by atoms with Crippen LogP contribution in [0.4, 0.5) is 0 Å². The molecular weight excluding hydrogens is 320 g/mol. The summed E-state index contributed by atoms with van der Waals surface area (Å²) in [6, 6.07) is 26.1. The van der Waals surface area contributed by atoms with Gasteiger partial charge < -0.3 is 0 Å². The van der Waals surface area contributed by atoms with E-state index in [2.05, 4.69) is 84.9 Å². The van der Waals surface area contributed by atoms with Crippen molar-refractivity contribution in [3.05, 3.63) is 89.3 Å². The van der Waals surface area contributed by atoms with Gasteiger partial charge in [0.1, 0.15) is 0 Å². The molecule has 0 saturated carbocycles. The van der Waals surface area contributed by atoms with Crippen LogP contribution in [0.5, 0.6) is 0 Å². The molecule has 1 aromatic heterocycles. The molecule has 0 atom stereocenters. The van der Waals surface area contributed by atoms with Crippen LogP contribution in [0, 0.1) is 0 Å². The van der Waals surface area contributed by atoms with Gasteiger partial charge in [-0.05, 0) is 40.7 Å². The van der Waals surface area contributed by atoms with Gasteiger partial charge in [-0.2, -0.15) is 0 Å². The lowest BCUT2D eigenvalue weighted by molar-refractivity contribution is 1.02. The molecule has 4 aromatic rings. The Morgan fingerprint density at radius 1 is 0.680 bits per heavy atom. The molecule has 0 aliphatic heterocycles. The highest BCUT2D eigenvalue weighted by Crippen LogP contribution is 2.45. The second-order valence-corrected chi connectivity index (χ2v) is 7.58. The summed E-state index contributed by atoms with van der Waals surface area (Å²) >= 11 is 1.98. The van der Waals surface area contributed by atoms with E-state index in [9.17, 15) is 0 Å².